The van der Waals surface area contributed by atoms with Crippen molar-refractivity contribution < 1.29 is 4.74 Å². The molecule has 0 atom stereocenters. The van der Waals surface area contributed by atoms with Gasteiger partial charge in [-0.05, 0) is 43.7 Å². The zero-order chi connectivity index (χ0) is 19.6. The standard InChI is InChI=1S/C22H31N5O.HI/c1-28-21-11-7-8-19(18-21)25-22(23)24-12-5-6-13-26-14-16-27(17-15-26)20-9-3-2-4-10-20;/h2-4,7-11,18H,5-6,12-17H2,1H3,(H3,23,24,25);1H. The molecule has 1 saturated heterocycles. The predicted molar refractivity (Wildman–Crippen MR) is 133 cm³/mol. The molecule has 0 unspecified atom stereocenters. The maximum absolute atomic E-state index is 5.97. The lowest BCUT2D eigenvalue weighted by molar-refractivity contribution is 0.253. The van der Waals surface area contributed by atoms with E-state index < -0.39 is 0 Å². The predicted octanol–water partition coefficient (Wildman–Crippen LogP) is 3.64. The number of piperazine rings is 1. The Labute approximate surface area is 191 Å². The minimum atomic E-state index is 0. The first-order chi connectivity index (χ1) is 13.7. The summed E-state index contributed by atoms with van der Waals surface area (Å²) in [5.41, 5.74) is 8.19. The van der Waals surface area contributed by atoms with Gasteiger partial charge >= 0.3 is 0 Å². The molecule has 1 aliphatic heterocycles. The van der Waals surface area contributed by atoms with Crippen molar-refractivity contribution in [2.24, 2.45) is 10.7 Å². The van der Waals surface area contributed by atoms with E-state index in [9.17, 15) is 0 Å². The van der Waals surface area contributed by atoms with Crippen molar-refractivity contribution in [1.82, 2.24) is 4.90 Å². The highest BCUT2D eigenvalue weighted by molar-refractivity contribution is 14.0. The topological polar surface area (TPSA) is 66.1 Å². The molecule has 0 aromatic heterocycles. The van der Waals surface area contributed by atoms with Crippen molar-refractivity contribution in [3.05, 3.63) is 54.6 Å². The molecule has 0 radical (unpaired) electrons. The molecule has 0 aliphatic carbocycles. The Morgan fingerprint density at radius 2 is 1.79 bits per heavy atom. The first kappa shape index (κ1) is 23.3. The van der Waals surface area contributed by atoms with Crippen LogP contribution in [0.4, 0.5) is 11.4 Å². The Kier molecular flexibility index (Phi) is 10.1. The summed E-state index contributed by atoms with van der Waals surface area (Å²) in [4.78, 5) is 9.43. The van der Waals surface area contributed by atoms with Gasteiger partial charge in [-0.25, -0.2) is 0 Å². The van der Waals surface area contributed by atoms with Crippen LogP contribution in [0.5, 0.6) is 5.75 Å². The van der Waals surface area contributed by atoms with Gasteiger partial charge in [0.15, 0.2) is 5.96 Å². The van der Waals surface area contributed by atoms with Crippen LogP contribution < -0.4 is 20.7 Å². The van der Waals surface area contributed by atoms with Crippen LogP contribution in [-0.2, 0) is 0 Å². The van der Waals surface area contributed by atoms with E-state index in [0.717, 1.165) is 63.5 Å². The van der Waals surface area contributed by atoms with E-state index in [1.165, 1.54) is 5.69 Å². The summed E-state index contributed by atoms with van der Waals surface area (Å²) in [6.45, 7) is 6.31. The van der Waals surface area contributed by atoms with E-state index in [1.54, 1.807) is 7.11 Å². The van der Waals surface area contributed by atoms with E-state index in [1.807, 2.05) is 24.3 Å². The van der Waals surface area contributed by atoms with Gasteiger partial charge in [0.1, 0.15) is 5.75 Å². The fourth-order valence-electron chi connectivity index (χ4n) is 3.40. The monoisotopic (exact) mass is 509 g/mol. The molecule has 1 heterocycles. The lowest BCUT2D eigenvalue weighted by atomic mass is 10.2. The molecular formula is C22H32IN5O. The van der Waals surface area contributed by atoms with Crippen molar-refractivity contribution in [3.63, 3.8) is 0 Å². The van der Waals surface area contributed by atoms with Crippen LogP contribution in [0.15, 0.2) is 59.6 Å². The zero-order valence-corrected chi connectivity index (χ0v) is 19.4. The summed E-state index contributed by atoms with van der Waals surface area (Å²) >= 11 is 0. The number of halogens is 1. The number of methoxy groups -OCH3 is 1. The highest BCUT2D eigenvalue weighted by Gasteiger charge is 2.16. The quantitative estimate of drug-likeness (QED) is 0.246. The molecule has 2 aromatic rings. The van der Waals surface area contributed by atoms with Gasteiger partial charge in [0.2, 0.25) is 0 Å². The molecule has 29 heavy (non-hydrogen) atoms. The summed E-state index contributed by atoms with van der Waals surface area (Å²) in [5, 5.41) is 3.11. The first-order valence-corrected chi connectivity index (χ1v) is 9.98. The lowest BCUT2D eigenvalue weighted by Crippen LogP contribution is -2.46. The number of benzene rings is 2. The second-order valence-corrected chi connectivity index (χ2v) is 7.00. The Morgan fingerprint density at radius 3 is 2.52 bits per heavy atom. The van der Waals surface area contributed by atoms with Crippen LogP contribution in [0.1, 0.15) is 12.8 Å². The van der Waals surface area contributed by atoms with Crippen LogP contribution in [-0.4, -0.2) is 57.2 Å². The Hall–Kier alpha value is -2.00. The number of nitrogens with two attached hydrogens (primary N) is 1. The van der Waals surface area contributed by atoms with Gasteiger partial charge in [0, 0.05) is 50.2 Å². The molecule has 1 aliphatic rings. The first-order valence-electron chi connectivity index (χ1n) is 9.98. The van der Waals surface area contributed by atoms with Crippen molar-refractivity contribution in [2.75, 3.05) is 56.6 Å². The molecule has 0 spiro atoms. The van der Waals surface area contributed by atoms with Crippen LogP contribution >= 0.6 is 24.0 Å². The lowest BCUT2D eigenvalue weighted by Gasteiger charge is -2.36. The largest absolute Gasteiger partial charge is 0.497 e. The number of guanidine groups is 1. The number of nitrogens with one attached hydrogen (secondary N) is 1. The molecule has 3 N–H and O–H groups in total. The SMILES string of the molecule is COc1cccc(NC(N)=NCCCCN2CCN(c3ccccc3)CC2)c1.I. The normalized spacial score (nSPS) is 14.9. The van der Waals surface area contributed by atoms with Crippen LogP contribution in [0.2, 0.25) is 0 Å². The van der Waals surface area contributed by atoms with E-state index in [0.29, 0.717) is 5.96 Å². The second kappa shape index (κ2) is 12.5. The fraction of sp³-hybridized carbons (Fsp3) is 0.409. The summed E-state index contributed by atoms with van der Waals surface area (Å²) in [6.07, 6.45) is 2.18. The third-order valence-corrected chi connectivity index (χ3v) is 5.00. The number of hydrogen-bond donors (Lipinski definition) is 2. The third kappa shape index (κ3) is 7.74. The van der Waals surface area contributed by atoms with Gasteiger partial charge in [-0.3, -0.25) is 9.89 Å². The number of para-hydroxylation sites is 1. The van der Waals surface area contributed by atoms with Crippen molar-refractivity contribution in [1.29, 1.82) is 0 Å². The molecule has 2 aromatic carbocycles. The summed E-state index contributed by atoms with van der Waals surface area (Å²) in [6, 6.07) is 18.3. The van der Waals surface area contributed by atoms with Gasteiger partial charge in [-0.1, -0.05) is 24.3 Å². The number of unbranched alkanes of at least 4 members (excludes halogenated alkanes) is 1. The molecule has 7 heteroatoms. The Balaban J connectivity index is 0.00000300. The van der Waals surface area contributed by atoms with Gasteiger partial charge < -0.3 is 20.7 Å². The van der Waals surface area contributed by atoms with E-state index in [-0.39, 0.29) is 24.0 Å². The smallest absolute Gasteiger partial charge is 0.193 e. The second-order valence-electron chi connectivity index (χ2n) is 7.00. The Bertz CT molecular complexity index is 748. The van der Waals surface area contributed by atoms with Crippen molar-refractivity contribution in [3.8, 4) is 5.75 Å². The van der Waals surface area contributed by atoms with E-state index >= 15 is 0 Å². The molecule has 3 rings (SSSR count). The molecular weight excluding hydrogens is 477 g/mol. The molecule has 0 bridgehead atoms. The van der Waals surface area contributed by atoms with Crippen LogP contribution in [0, 0.1) is 0 Å². The van der Waals surface area contributed by atoms with Gasteiger partial charge in [-0.15, -0.1) is 24.0 Å². The van der Waals surface area contributed by atoms with Crippen molar-refractivity contribution >= 4 is 41.3 Å². The molecule has 0 amide bonds. The zero-order valence-electron chi connectivity index (χ0n) is 17.1. The van der Waals surface area contributed by atoms with Gasteiger partial charge in [0.05, 0.1) is 7.11 Å². The van der Waals surface area contributed by atoms with Gasteiger partial charge in [0.25, 0.3) is 0 Å². The average molecular weight is 509 g/mol. The summed E-state index contributed by atoms with van der Waals surface area (Å²) < 4.78 is 5.21. The molecule has 0 saturated carbocycles. The number of aliphatic imine (C=N–C) groups is 1. The molecule has 6 nitrogen and oxygen atoms in total. The van der Waals surface area contributed by atoms with Crippen molar-refractivity contribution in [2.45, 2.75) is 12.8 Å². The Morgan fingerprint density at radius 1 is 1.03 bits per heavy atom. The number of anilines is 2. The summed E-state index contributed by atoms with van der Waals surface area (Å²) in [5.74, 6) is 1.25. The van der Waals surface area contributed by atoms with Crippen LogP contribution in [0.3, 0.4) is 0 Å². The number of hydrogen-bond acceptors (Lipinski definition) is 4. The molecule has 158 valence electrons. The average Bonchev–Trinajstić information content (AvgIpc) is 2.74. The number of ether oxygens (including phenoxy) is 1. The minimum absolute atomic E-state index is 0. The maximum atomic E-state index is 5.97. The minimum Gasteiger partial charge on any atom is -0.497 e. The van der Waals surface area contributed by atoms with Gasteiger partial charge in [-0.2, -0.15) is 0 Å². The maximum Gasteiger partial charge on any atom is 0.193 e. The number of rotatable bonds is 8. The van der Waals surface area contributed by atoms with Crippen LogP contribution in [0.25, 0.3) is 0 Å². The third-order valence-electron chi connectivity index (χ3n) is 5.00. The van der Waals surface area contributed by atoms with E-state index in [2.05, 4.69) is 50.4 Å². The highest BCUT2D eigenvalue weighted by atomic mass is 127. The van der Waals surface area contributed by atoms with E-state index in [4.69, 9.17) is 10.5 Å². The number of nitrogens with zero attached hydrogens (tertiary/aromatic N) is 3. The fourth-order valence-corrected chi connectivity index (χ4v) is 3.40. The highest BCUT2D eigenvalue weighted by Crippen LogP contribution is 2.17. The summed E-state index contributed by atoms with van der Waals surface area (Å²) in [7, 11) is 1.65. The molecule has 1 fully saturated rings.